The highest BCUT2D eigenvalue weighted by Crippen LogP contribution is 2.32. The maximum atomic E-state index is 13.4. The highest BCUT2D eigenvalue weighted by molar-refractivity contribution is 6.35. The molecule has 0 unspecified atom stereocenters. The third-order valence-electron chi connectivity index (χ3n) is 7.03. The Labute approximate surface area is 231 Å². The van der Waals surface area contributed by atoms with Gasteiger partial charge in [0.1, 0.15) is 5.02 Å². The number of carboxylic acid groups (broad SMARTS) is 1. The van der Waals surface area contributed by atoms with Gasteiger partial charge in [0.25, 0.3) is 0 Å². The van der Waals surface area contributed by atoms with Gasteiger partial charge in [-0.05, 0) is 57.9 Å². The van der Waals surface area contributed by atoms with Gasteiger partial charge in [-0.1, -0.05) is 40.9 Å². The lowest BCUT2D eigenvalue weighted by molar-refractivity contribution is -0.142. The molecule has 2 aliphatic heterocycles. The predicted molar refractivity (Wildman–Crippen MR) is 146 cm³/mol. The van der Waals surface area contributed by atoms with Crippen LogP contribution in [-0.4, -0.2) is 81.1 Å². The smallest absolute Gasteiger partial charge is 0.317 e. The van der Waals surface area contributed by atoms with Crippen LogP contribution in [-0.2, 0) is 9.59 Å². The monoisotopic (exact) mass is 568 g/mol. The standard InChI is InChI=1S/C25H31Cl3N6O3/c1-14-12-34(15(2)11-33(14)24(37)21-5-4-8-32(21)13-22(35)36)25-29-10-20(28)23(31-25)30-16(3)18-7-6-17(26)9-19(18)27/h6-7,9-10,14-16,21H,4-5,8,11-13H2,1-3H3,(H,35,36)(H,29,30,31)/t14-,15+,16-,21-/m1/s1. The molecule has 4 atom stereocenters. The normalized spacial score (nSPS) is 23.2. The number of piperazine rings is 1. The number of halogens is 3. The molecule has 0 saturated carbocycles. The fourth-order valence-corrected chi connectivity index (χ4v) is 5.82. The van der Waals surface area contributed by atoms with E-state index in [1.54, 1.807) is 23.2 Å². The molecule has 0 radical (unpaired) electrons. The van der Waals surface area contributed by atoms with Gasteiger partial charge >= 0.3 is 5.97 Å². The molecule has 1 aromatic heterocycles. The minimum atomic E-state index is -0.914. The van der Waals surface area contributed by atoms with Crippen molar-refractivity contribution < 1.29 is 14.7 Å². The van der Waals surface area contributed by atoms with Crippen LogP contribution in [0.2, 0.25) is 15.1 Å². The largest absolute Gasteiger partial charge is 0.480 e. The van der Waals surface area contributed by atoms with Crippen LogP contribution in [0.25, 0.3) is 0 Å². The molecule has 0 spiro atoms. The van der Waals surface area contributed by atoms with E-state index in [2.05, 4.69) is 15.2 Å². The van der Waals surface area contributed by atoms with Crippen LogP contribution >= 0.6 is 34.8 Å². The van der Waals surface area contributed by atoms with Crippen LogP contribution in [0.1, 0.15) is 45.2 Å². The summed E-state index contributed by atoms with van der Waals surface area (Å²) in [4.78, 5) is 39.5. The summed E-state index contributed by atoms with van der Waals surface area (Å²) in [7, 11) is 0. The van der Waals surface area contributed by atoms with E-state index < -0.39 is 5.97 Å². The predicted octanol–water partition coefficient (Wildman–Crippen LogP) is 4.58. The summed E-state index contributed by atoms with van der Waals surface area (Å²) in [6.45, 7) is 7.51. The molecule has 4 rings (SSSR count). The highest BCUT2D eigenvalue weighted by Gasteiger charge is 2.40. The molecule has 2 aliphatic rings. The third-order valence-corrected chi connectivity index (χ3v) is 7.87. The summed E-state index contributed by atoms with van der Waals surface area (Å²) >= 11 is 18.8. The number of likely N-dealkylation sites (tertiary alicyclic amines) is 1. The number of hydrogen-bond donors (Lipinski definition) is 2. The van der Waals surface area contributed by atoms with Crippen LogP contribution in [0.3, 0.4) is 0 Å². The van der Waals surface area contributed by atoms with Crippen molar-refractivity contribution in [2.75, 3.05) is 36.4 Å². The molecule has 2 aromatic rings. The van der Waals surface area contributed by atoms with E-state index in [9.17, 15) is 14.7 Å². The van der Waals surface area contributed by atoms with Crippen molar-refractivity contribution in [1.82, 2.24) is 19.8 Å². The summed E-state index contributed by atoms with van der Waals surface area (Å²) < 4.78 is 0. The van der Waals surface area contributed by atoms with Crippen LogP contribution in [0.5, 0.6) is 0 Å². The van der Waals surface area contributed by atoms with Gasteiger partial charge in [0.2, 0.25) is 11.9 Å². The van der Waals surface area contributed by atoms with Gasteiger partial charge in [-0.15, -0.1) is 0 Å². The molecule has 2 N–H and O–H groups in total. The van der Waals surface area contributed by atoms with Crippen molar-refractivity contribution in [3.05, 3.63) is 45.0 Å². The van der Waals surface area contributed by atoms with Crippen molar-refractivity contribution in [3.8, 4) is 0 Å². The highest BCUT2D eigenvalue weighted by atomic mass is 35.5. The fourth-order valence-electron chi connectivity index (χ4n) is 5.11. The topological polar surface area (TPSA) is 102 Å². The van der Waals surface area contributed by atoms with Crippen LogP contribution in [0.4, 0.5) is 11.8 Å². The minimum Gasteiger partial charge on any atom is -0.480 e. The molecule has 2 saturated heterocycles. The lowest BCUT2D eigenvalue weighted by Crippen LogP contribution is -2.61. The summed E-state index contributed by atoms with van der Waals surface area (Å²) in [6, 6.07) is 4.62. The zero-order valence-electron chi connectivity index (χ0n) is 21.0. The lowest BCUT2D eigenvalue weighted by atomic mass is 10.1. The summed E-state index contributed by atoms with van der Waals surface area (Å²) in [5, 5.41) is 14.0. The number of hydrogen-bond acceptors (Lipinski definition) is 7. The van der Waals surface area contributed by atoms with Gasteiger partial charge in [0, 0.05) is 35.2 Å². The van der Waals surface area contributed by atoms with E-state index in [1.807, 2.05) is 31.7 Å². The van der Waals surface area contributed by atoms with Crippen LogP contribution in [0, 0.1) is 0 Å². The number of anilines is 2. The second-order valence-corrected chi connectivity index (χ2v) is 11.0. The molecule has 37 heavy (non-hydrogen) atoms. The van der Waals surface area contributed by atoms with Gasteiger partial charge < -0.3 is 20.2 Å². The Morgan fingerprint density at radius 3 is 2.62 bits per heavy atom. The minimum absolute atomic E-state index is 0.00852. The van der Waals surface area contributed by atoms with E-state index in [0.29, 0.717) is 52.9 Å². The van der Waals surface area contributed by atoms with Gasteiger partial charge in [-0.25, -0.2) is 4.98 Å². The SMILES string of the molecule is C[C@@H]1CN(c2ncc(Cl)c(N[C@H](C)c3ccc(Cl)cc3Cl)n2)[C@@H](C)CN1C(=O)[C@H]1CCCN1CC(=O)O. The third kappa shape index (κ3) is 6.22. The zero-order chi connectivity index (χ0) is 26.9. The zero-order valence-corrected chi connectivity index (χ0v) is 23.3. The average Bonchev–Trinajstić information content (AvgIpc) is 3.28. The summed E-state index contributed by atoms with van der Waals surface area (Å²) in [5.74, 6) is 0.0774. The first-order valence-corrected chi connectivity index (χ1v) is 13.5. The molecule has 3 heterocycles. The van der Waals surface area contributed by atoms with Crippen molar-refractivity contribution in [3.63, 3.8) is 0 Å². The number of benzene rings is 1. The maximum absolute atomic E-state index is 13.4. The van der Waals surface area contributed by atoms with Crippen molar-refractivity contribution in [2.45, 2.75) is 57.8 Å². The second kappa shape index (κ2) is 11.6. The second-order valence-electron chi connectivity index (χ2n) is 9.76. The molecule has 0 bridgehead atoms. The van der Waals surface area contributed by atoms with Gasteiger partial charge in [-0.3, -0.25) is 14.5 Å². The first-order valence-electron chi connectivity index (χ1n) is 12.3. The Hall–Kier alpha value is -2.33. The molecule has 200 valence electrons. The van der Waals surface area contributed by atoms with E-state index in [1.165, 1.54) is 0 Å². The molecule has 12 heteroatoms. The summed E-state index contributed by atoms with van der Waals surface area (Å²) in [5.41, 5.74) is 0.861. The molecular weight excluding hydrogens is 539 g/mol. The fraction of sp³-hybridized carbons (Fsp3) is 0.520. The number of rotatable bonds is 7. The Kier molecular flexibility index (Phi) is 8.68. The van der Waals surface area contributed by atoms with E-state index in [-0.39, 0.29) is 36.6 Å². The number of aliphatic carboxylic acids is 1. The number of carbonyl (C=O) groups is 2. The Bertz CT molecular complexity index is 1170. The van der Waals surface area contributed by atoms with E-state index in [0.717, 1.165) is 12.0 Å². The van der Waals surface area contributed by atoms with E-state index in [4.69, 9.17) is 39.8 Å². The van der Waals surface area contributed by atoms with E-state index >= 15 is 0 Å². The van der Waals surface area contributed by atoms with Crippen molar-refractivity contribution in [2.24, 2.45) is 0 Å². The molecule has 2 fully saturated rings. The lowest BCUT2D eigenvalue weighted by Gasteiger charge is -2.45. The van der Waals surface area contributed by atoms with Crippen LogP contribution < -0.4 is 10.2 Å². The maximum Gasteiger partial charge on any atom is 0.317 e. The molecule has 1 amide bonds. The van der Waals surface area contributed by atoms with Crippen molar-refractivity contribution >= 4 is 58.4 Å². The number of carboxylic acids is 1. The quantitative estimate of drug-likeness (QED) is 0.500. The average molecular weight is 570 g/mol. The Morgan fingerprint density at radius 1 is 1.16 bits per heavy atom. The molecule has 9 nitrogen and oxygen atoms in total. The molecule has 1 aromatic carbocycles. The molecule has 0 aliphatic carbocycles. The number of aromatic nitrogens is 2. The Balaban J connectivity index is 1.47. The Morgan fingerprint density at radius 2 is 1.92 bits per heavy atom. The number of nitrogens with one attached hydrogen (secondary N) is 1. The van der Waals surface area contributed by atoms with Gasteiger partial charge in [-0.2, -0.15) is 4.98 Å². The summed E-state index contributed by atoms with van der Waals surface area (Å²) in [6.07, 6.45) is 3.07. The van der Waals surface area contributed by atoms with Crippen molar-refractivity contribution in [1.29, 1.82) is 0 Å². The number of carbonyl (C=O) groups excluding carboxylic acids is 1. The van der Waals surface area contributed by atoms with Gasteiger partial charge in [0.05, 0.1) is 24.8 Å². The first-order chi connectivity index (χ1) is 17.5. The number of amides is 1. The molecular formula is C25H31Cl3N6O3. The first kappa shape index (κ1) is 27.7. The van der Waals surface area contributed by atoms with Gasteiger partial charge in [0.15, 0.2) is 5.82 Å². The van der Waals surface area contributed by atoms with Crippen LogP contribution in [0.15, 0.2) is 24.4 Å². The number of nitrogens with zero attached hydrogens (tertiary/aromatic N) is 5.